The first kappa shape index (κ1) is 20.3. The molecule has 0 atom stereocenters. The predicted octanol–water partition coefficient (Wildman–Crippen LogP) is 2.67. The van der Waals surface area contributed by atoms with Gasteiger partial charge in [-0.2, -0.15) is 0 Å². The van der Waals surface area contributed by atoms with Gasteiger partial charge in [-0.05, 0) is 29.8 Å². The number of carbonyl (C=O) groups is 3. The number of anilines is 2. The molecule has 0 aliphatic carbocycles. The second kappa shape index (κ2) is 9.08. The maximum atomic E-state index is 12.6. The van der Waals surface area contributed by atoms with Gasteiger partial charge in [0, 0.05) is 37.4 Å². The van der Waals surface area contributed by atoms with E-state index in [2.05, 4.69) is 16.0 Å². The van der Waals surface area contributed by atoms with Crippen LogP contribution in [0.2, 0.25) is 0 Å². The van der Waals surface area contributed by atoms with Crippen molar-refractivity contribution in [2.45, 2.75) is 13.8 Å². The molecule has 0 fully saturated rings. The van der Waals surface area contributed by atoms with Gasteiger partial charge in [-0.15, -0.1) is 0 Å². The SMILES string of the molecule is CC(=O)N/C(=C/c1cccc([N+](=O)[O-])c1)C(=O)Nc1cccc(NC(C)=O)c1. The van der Waals surface area contributed by atoms with E-state index in [1.54, 1.807) is 30.3 Å². The van der Waals surface area contributed by atoms with Gasteiger partial charge in [0.1, 0.15) is 5.70 Å². The van der Waals surface area contributed by atoms with Crippen LogP contribution in [-0.2, 0) is 14.4 Å². The lowest BCUT2D eigenvalue weighted by Crippen LogP contribution is -2.29. The molecule has 0 radical (unpaired) electrons. The van der Waals surface area contributed by atoms with Crippen molar-refractivity contribution in [3.8, 4) is 0 Å². The molecular formula is C19H18N4O5. The number of nitro benzene ring substituents is 1. The molecule has 0 aliphatic heterocycles. The number of nitrogens with one attached hydrogen (secondary N) is 3. The molecular weight excluding hydrogens is 364 g/mol. The molecule has 144 valence electrons. The average Bonchev–Trinajstić information content (AvgIpc) is 2.60. The van der Waals surface area contributed by atoms with Gasteiger partial charge >= 0.3 is 0 Å². The molecule has 0 aliphatic rings. The molecule has 0 spiro atoms. The van der Waals surface area contributed by atoms with Gasteiger partial charge in [0.15, 0.2) is 0 Å². The number of rotatable bonds is 6. The molecule has 9 nitrogen and oxygen atoms in total. The molecule has 2 aromatic rings. The van der Waals surface area contributed by atoms with E-state index in [0.29, 0.717) is 16.9 Å². The average molecular weight is 382 g/mol. The summed E-state index contributed by atoms with van der Waals surface area (Å²) in [6, 6.07) is 12.1. The Bertz CT molecular complexity index is 968. The van der Waals surface area contributed by atoms with Crippen LogP contribution in [0.25, 0.3) is 6.08 Å². The maximum Gasteiger partial charge on any atom is 0.272 e. The topological polar surface area (TPSA) is 130 Å². The van der Waals surface area contributed by atoms with E-state index in [9.17, 15) is 24.5 Å². The van der Waals surface area contributed by atoms with Crippen LogP contribution >= 0.6 is 0 Å². The Morgan fingerprint density at radius 3 is 2.18 bits per heavy atom. The summed E-state index contributed by atoms with van der Waals surface area (Å²) < 4.78 is 0. The van der Waals surface area contributed by atoms with Gasteiger partial charge in [-0.1, -0.05) is 18.2 Å². The minimum atomic E-state index is -0.623. The van der Waals surface area contributed by atoms with Gasteiger partial charge in [0.2, 0.25) is 11.8 Å². The summed E-state index contributed by atoms with van der Waals surface area (Å²) in [6.07, 6.45) is 1.33. The summed E-state index contributed by atoms with van der Waals surface area (Å²) in [7, 11) is 0. The Morgan fingerprint density at radius 2 is 1.57 bits per heavy atom. The normalized spacial score (nSPS) is 10.7. The van der Waals surface area contributed by atoms with Crippen molar-refractivity contribution >= 4 is 40.9 Å². The number of benzene rings is 2. The van der Waals surface area contributed by atoms with E-state index in [1.165, 1.54) is 38.1 Å². The van der Waals surface area contributed by atoms with E-state index in [4.69, 9.17) is 0 Å². The van der Waals surface area contributed by atoms with Crippen molar-refractivity contribution < 1.29 is 19.3 Å². The minimum Gasteiger partial charge on any atom is -0.326 e. The van der Waals surface area contributed by atoms with Gasteiger partial charge in [0.05, 0.1) is 4.92 Å². The third kappa shape index (κ3) is 6.06. The van der Waals surface area contributed by atoms with E-state index < -0.39 is 16.7 Å². The van der Waals surface area contributed by atoms with Gasteiger partial charge in [0.25, 0.3) is 11.6 Å². The minimum absolute atomic E-state index is 0.0853. The molecule has 0 heterocycles. The van der Waals surface area contributed by atoms with Crippen molar-refractivity contribution in [2.75, 3.05) is 10.6 Å². The van der Waals surface area contributed by atoms with Crippen LogP contribution in [0.15, 0.2) is 54.2 Å². The van der Waals surface area contributed by atoms with Crippen LogP contribution < -0.4 is 16.0 Å². The van der Waals surface area contributed by atoms with Crippen LogP contribution in [0.1, 0.15) is 19.4 Å². The van der Waals surface area contributed by atoms with Crippen LogP contribution in [0.3, 0.4) is 0 Å². The molecule has 9 heteroatoms. The highest BCUT2D eigenvalue weighted by Crippen LogP contribution is 2.18. The molecule has 28 heavy (non-hydrogen) atoms. The fourth-order valence-corrected chi connectivity index (χ4v) is 2.32. The lowest BCUT2D eigenvalue weighted by molar-refractivity contribution is -0.384. The summed E-state index contributed by atoms with van der Waals surface area (Å²) in [5.74, 6) is -1.35. The highest BCUT2D eigenvalue weighted by Gasteiger charge is 2.13. The van der Waals surface area contributed by atoms with Crippen LogP contribution in [-0.4, -0.2) is 22.6 Å². The highest BCUT2D eigenvalue weighted by atomic mass is 16.6. The number of carbonyl (C=O) groups excluding carboxylic acids is 3. The number of nitro groups is 1. The fraction of sp³-hybridized carbons (Fsp3) is 0.105. The van der Waals surface area contributed by atoms with E-state index in [0.717, 1.165) is 0 Å². The van der Waals surface area contributed by atoms with Crippen molar-refractivity contribution in [1.82, 2.24) is 5.32 Å². The third-order valence-corrected chi connectivity index (χ3v) is 3.39. The standard InChI is InChI=1S/C19H18N4O5/c1-12(24)20-15-6-4-7-16(11-15)22-19(26)18(21-13(2)25)10-14-5-3-8-17(9-14)23(27)28/h3-11H,1-2H3,(H,20,24)(H,21,25)(H,22,26)/b18-10+. The molecule has 0 saturated carbocycles. The second-order valence-electron chi connectivity index (χ2n) is 5.81. The van der Waals surface area contributed by atoms with Crippen molar-refractivity contribution in [2.24, 2.45) is 0 Å². The van der Waals surface area contributed by atoms with E-state index in [1.807, 2.05) is 0 Å². The largest absolute Gasteiger partial charge is 0.326 e. The number of non-ortho nitro benzene ring substituents is 1. The first-order chi connectivity index (χ1) is 13.2. The zero-order valence-electron chi connectivity index (χ0n) is 15.2. The Labute approximate surface area is 160 Å². The van der Waals surface area contributed by atoms with Crippen LogP contribution in [0.4, 0.5) is 17.1 Å². The number of hydrogen-bond donors (Lipinski definition) is 3. The molecule has 3 amide bonds. The van der Waals surface area contributed by atoms with Gasteiger partial charge in [-0.25, -0.2) is 0 Å². The summed E-state index contributed by atoms with van der Waals surface area (Å²) in [4.78, 5) is 45.6. The predicted molar refractivity (Wildman–Crippen MR) is 104 cm³/mol. The molecule has 0 saturated heterocycles. The summed E-state index contributed by atoms with van der Waals surface area (Å²) in [5.41, 5.74) is 1.04. The Morgan fingerprint density at radius 1 is 0.929 bits per heavy atom. The molecule has 3 N–H and O–H groups in total. The maximum absolute atomic E-state index is 12.6. The first-order valence-electron chi connectivity index (χ1n) is 8.17. The van der Waals surface area contributed by atoms with E-state index in [-0.39, 0.29) is 17.3 Å². The molecule has 0 bridgehead atoms. The molecule has 0 aromatic heterocycles. The van der Waals surface area contributed by atoms with Crippen LogP contribution in [0, 0.1) is 10.1 Å². The fourth-order valence-electron chi connectivity index (χ4n) is 2.32. The summed E-state index contributed by atoms with van der Waals surface area (Å²) >= 11 is 0. The summed E-state index contributed by atoms with van der Waals surface area (Å²) in [6.45, 7) is 2.61. The quantitative estimate of drug-likeness (QED) is 0.402. The zero-order valence-corrected chi connectivity index (χ0v) is 15.2. The number of hydrogen-bond acceptors (Lipinski definition) is 5. The molecule has 2 aromatic carbocycles. The smallest absolute Gasteiger partial charge is 0.272 e. The lowest BCUT2D eigenvalue weighted by atomic mass is 10.1. The Hall–Kier alpha value is -4.01. The lowest BCUT2D eigenvalue weighted by Gasteiger charge is -2.11. The molecule has 2 rings (SSSR count). The Balaban J connectivity index is 2.29. The van der Waals surface area contributed by atoms with Gasteiger partial charge < -0.3 is 16.0 Å². The van der Waals surface area contributed by atoms with Crippen molar-refractivity contribution in [1.29, 1.82) is 0 Å². The van der Waals surface area contributed by atoms with E-state index >= 15 is 0 Å². The third-order valence-electron chi connectivity index (χ3n) is 3.39. The van der Waals surface area contributed by atoms with Crippen molar-refractivity contribution in [3.05, 3.63) is 69.9 Å². The highest BCUT2D eigenvalue weighted by molar-refractivity contribution is 6.08. The zero-order chi connectivity index (χ0) is 20.7. The molecule has 0 unspecified atom stereocenters. The monoisotopic (exact) mass is 382 g/mol. The number of nitrogens with zero attached hydrogens (tertiary/aromatic N) is 1. The van der Waals surface area contributed by atoms with Crippen molar-refractivity contribution in [3.63, 3.8) is 0 Å². The first-order valence-corrected chi connectivity index (χ1v) is 8.17. The number of amides is 3. The van der Waals surface area contributed by atoms with Crippen LogP contribution in [0.5, 0.6) is 0 Å². The summed E-state index contributed by atoms with van der Waals surface area (Å²) in [5, 5.41) is 18.5. The second-order valence-corrected chi connectivity index (χ2v) is 5.81. The Kier molecular flexibility index (Phi) is 6.58. The van der Waals surface area contributed by atoms with Gasteiger partial charge in [-0.3, -0.25) is 24.5 Å².